The van der Waals surface area contributed by atoms with Crippen molar-refractivity contribution in [3.8, 4) is 0 Å². The number of unbranched alkanes of at least 4 members (excludes halogenated alkanes) is 1. The maximum atomic E-state index is 12.9. The predicted molar refractivity (Wildman–Crippen MR) is 111 cm³/mol. The van der Waals surface area contributed by atoms with Crippen LogP contribution in [0.3, 0.4) is 0 Å². The summed E-state index contributed by atoms with van der Waals surface area (Å²) in [5.41, 5.74) is 1.02. The fraction of sp³-hybridized carbons (Fsp3) is 0.857. The van der Waals surface area contributed by atoms with Gasteiger partial charge < -0.3 is 14.2 Å². The summed E-state index contributed by atoms with van der Waals surface area (Å²) in [4.78, 5) is 6.69. The summed E-state index contributed by atoms with van der Waals surface area (Å²) in [5, 5.41) is 0.292. The second-order valence-corrected chi connectivity index (χ2v) is 10.6. The van der Waals surface area contributed by atoms with E-state index in [4.69, 9.17) is 4.74 Å². The number of hydrogen-bond donors (Lipinski definition) is 0. The maximum absolute atomic E-state index is 12.9. The third-order valence-corrected chi connectivity index (χ3v) is 8.08. The van der Waals surface area contributed by atoms with Gasteiger partial charge >= 0.3 is 0 Å². The summed E-state index contributed by atoms with van der Waals surface area (Å²) in [5.74, 6) is 1.33. The monoisotopic (exact) mass is 411 g/mol. The Balaban J connectivity index is 1.64. The van der Waals surface area contributed by atoms with Crippen LogP contribution in [0.15, 0.2) is 11.4 Å². The molecule has 7 heteroatoms. The van der Waals surface area contributed by atoms with Crippen LogP contribution in [0, 0.1) is 11.8 Å². The van der Waals surface area contributed by atoms with Crippen molar-refractivity contribution in [2.45, 2.75) is 76.5 Å². The summed E-state index contributed by atoms with van der Waals surface area (Å²) in [6.45, 7) is 6.42. The highest BCUT2D eigenvalue weighted by atomic mass is 32.2. The molecule has 1 aliphatic carbocycles. The zero-order valence-electron chi connectivity index (χ0n) is 17.6. The van der Waals surface area contributed by atoms with E-state index < -0.39 is 9.84 Å². The van der Waals surface area contributed by atoms with Gasteiger partial charge in [-0.2, -0.15) is 0 Å². The molecule has 28 heavy (non-hydrogen) atoms. The standard InChI is InChI=1S/C21H37N3O3S/c1-3-4-11-24-20(16-23(2)12-8-18-9-13-27-14-10-18)15-22-21(24)28(25,26)17-19-6-5-7-19/h15,18-19H,3-14,16-17H2,1-2H3. The van der Waals surface area contributed by atoms with Gasteiger partial charge in [0.2, 0.25) is 15.0 Å². The largest absolute Gasteiger partial charge is 0.381 e. The minimum Gasteiger partial charge on any atom is -0.381 e. The topological polar surface area (TPSA) is 64.4 Å². The van der Waals surface area contributed by atoms with Gasteiger partial charge in [0.1, 0.15) is 0 Å². The first kappa shape index (κ1) is 21.8. The van der Waals surface area contributed by atoms with Crippen LogP contribution >= 0.6 is 0 Å². The van der Waals surface area contributed by atoms with E-state index in [9.17, 15) is 8.42 Å². The molecule has 1 aromatic heterocycles. The average molecular weight is 412 g/mol. The zero-order valence-corrected chi connectivity index (χ0v) is 18.4. The SMILES string of the molecule is CCCCn1c(CN(C)CCC2CCOCC2)cnc1S(=O)(=O)CC1CCC1. The van der Waals surface area contributed by atoms with Gasteiger partial charge in [-0.25, -0.2) is 13.4 Å². The number of imidazole rings is 1. The second kappa shape index (κ2) is 10.2. The molecule has 0 amide bonds. The molecule has 160 valence electrons. The minimum absolute atomic E-state index is 0.259. The molecule has 1 aliphatic heterocycles. The van der Waals surface area contributed by atoms with Crippen LogP contribution in [-0.2, 0) is 27.7 Å². The normalized spacial score (nSPS) is 19.2. The first-order chi connectivity index (χ1) is 13.5. The Bertz CT molecular complexity index is 706. The molecule has 3 rings (SSSR count). The molecule has 6 nitrogen and oxygen atoms in total. The Morgan fingerprint density at radius 3 is 2.61 bits per heavy atom. The number of nitrogens with zero attached hydrogens (tertiary/aromatic N) is 3. The van der Waals surface area contributed by atoms with Gasteiger partial charge in [-0.05, 0) is 64.0 Å². The number of sulfone groups is 1. The van der Waals surface area contributed by atoms with Crippen molar-refractivity contribution in [1.82, 2.24) is 14.5 Å². The molecular formula is C21H37N3O3S. The summed E-state index contributed by atoms with van der Waals surface area (Å²) in [6.07, 6.45) is 10.5. The van der Waals surface area contributed by atoms with Crippen LogP contribution < -0.4 is 0 Å². The predicted octanol–water partition coefficient (Wildman–Crippen LogP) is 3.51. The van der Waals surface area contributed by atoms with Gasteiger partial charge in [-0.15, -0.1) is 0 Å². The van der Waals surface area contributed by atoms with E-state index in [0.29, 0.717) is 11.1 Å². The van der Waals surface area contributed by atoms with Crippen molar-refractivity contribution >= 4 is 9.84 Å². The molecule has 0 N–H and O–H groups in total. The van der Waals surface area contributed by atoms with Crippen LogP contribution in [-0.4, -0.2) is 55.4 Å². The van der Waals surface area contributed by atoms with Crippen molar-refractivity contribution in [3.05, 3.63) is 11.9 Å². The van der Waals surface area contributed by atoms with Crippen molar-refractivity contribution in [3.63, 3.8) is 0 Å². The van der Waals surface area contributed by atoms with E-state index in [2.05, 4.69) is 23.9 Å². The van der Waals surface area contributed by atoms with Gasteiger partial charge in [-0.3, -0.25) is 0 Å². The van der Waals surface area contributed by atoms with E-state index >= 15 is 0 Å². The summed E-state index contributed by atoms with van der Waals surface area (Å²) in [6, 6.07) is 0. The van der Waals surface area contributed by atoms with Gasteiger partial charge in [0.05, 0.1) is 17.6 Å². The van der Waals surface area contributed by atoms with Crippen molar-refractivity contribution in [1.29, 1.82) is 0 Å². The molecule has 2 fully saturated rings. The Morgan fingerprint density at radius 2 is 1.96 bits per heavy atom. The summed E-state index contributed by atoms with van der Waals surface area (Å²) >= 11 is 0. The molecule has 0 radical (unpaired) electrons. The molecule has 1 saturated heterocycles. The van der Waals surface area contributed by atoms with E-state index in [1.807, 2.05) is 4.57 Å². The van der Waals surface area contributed by atoms with Crippen molar-refractivity contribution in [2.75, 3.05) is 32.6 Å². The molecule has 2 heterocycles. The lowest BCUT2D eigenvalue weighted by molar-refractivity contribution is 0.0607. The highest BCUT2D eigenvalue weighted by molar-refractivity contribution is 7.91. The Labute approximate surface area is 170 Å². The molecule has 0 bridgehead atoms. The lowest BCUT2D eigenvalue weighted by Crippen LogP contribution is -2.27. The third-order valence-electron chi connectivity index (χ3n) is 6.29. The van der Waals surface area contributed by atoms with Crippen molar-refractivity contribution in [2.24, 2.45) is 11.8 Å². The molecule has 2 aliphatic rings. The molecule has 0 unspecified atom stereocenters. The van der Waals surface area contributed by atoms with Crippen molar-refractivity contribution < 1.29 is 13.2 Å². The Hall–Kier alpha value is -0.920. The fourth-order valence-electron chi connectivity index (χ4n) is 4.16. The van der Waals surface area contributed by atoms with Gasteiger partial charge in [0.15, 0.2) is 0 Å². The lowest BCUT2D eigenvalue weighted by atomic mass is 9.87. The first-order valence-electron chi connectivity index (χ1n) is 11.0. The van der Waals surface area contributed by atoms with Crippen LogP contribution in [0.5, 0.6) is 0 Å². The van der Waals surface area contributed by atoms with Gasteiger partial charge in [-0.1, -0.05) is 19.8 Å². The smallest absolute Gasteiger partial charge is 0.227 e. The molecular weight excluding hydrogens is 374 g/mol. The highest BCUT2D eigenvalue weighted by Gasteiger charge is 2.30. The lowest BCUT2D eigenvalue weighted by Gasteiger charge is -2.25. The highest BCUT2D eigenvalue weighted by Crippen LogP contribution is 2.30. The number of hydrogen-bond acceptors (Lipinski definition) is 5. The quantitative estimate of drug-likeness (QED) is 0.558. The van der Waals surface area contributed by atoms with Crippen LogP contribution in [0.25, 0.3) is 0 Å². The summed E-state index contributed by atoms with van der Waals surface area (Å²) < 4.78 is 33.3. The van der Waals surface area contributed by atoms with Gasteiger partial charge in [0, 0.05) is 26.3 Å². The molecule has 1 aromatic rings. The van der Waals surface area contributed by atoms with E-state index in [1.165, 1.54) is 6.42 Å². The molecule has 0 spiro atoms. The average Bonchev–Trinajstić information content (AvgIpc) is 3.05. The fourth-order valence-corrected chi connectivity index (χ4v) is 6.02. The number of aromatic nitrogens is 2. The third kappa shape index (κ3) is 5.80. The Kier molecular flexibility index (Phi) is 7.94. The van der Waals surface area contributed by atoms with Crippen LogP contribution in [0.1, 0.15) is 64.0 Å². The van der Waals surface area contributed by atoms with Gasteiger partial charge in [0.25, 0.3) is 0 Å². The summed E-state index contributed by atoms with van der Waals surface area (Å²) in [7, 11) is -1.18. The number of ether oxygens (including phenoxy) is 1. The molecule has 0 atom stereocenters. The van der Waals surface area contributed by atoms with E-state index in [1.54, 1.807) is 6.20 Å². The number of rotatable bonds is 11. The minimum atomic E-state index is -3.31. The zero-order chi connectivity index (χ0) is 20.0. The van der Waals surface area contributed by atoms with Crippen LogP contribution in [0.2, 0.25) is 0 Å². The van der Waals surface area contributed by atoms with E-state index in [0.717, 1.165) is 89.4 Å². The molecule has 1 saturated carbocycles. The van der Waals surface area contributed by atoms with E-state index in [-0.39, 0.29) is 5.75 Å². The second-order valence-electron chi connectivity index (χ2n) is 8.70. The Morgan fingerprint density at radius 1 is 1.21 bits per heavy atom. The maximum Gasteiger partial charge on any atom is 0.227 e. The first-order valence-corrected chi connectivity index (χ1v) is 12.7. The van der Waals surface area contributed by atoms with Crippen LogP contribution in [0.4, 0.5) is 0 Å². The molecule has 0 aromatic carbocycles.